The Morgan fingerprint density at radius 1 is 1.30 bits per heavy atom. The molecule has 9 nitrogen and oxygen atoms in total. The number of anilines is 1. The molecule has 3 rings (SSSR count). The third-order valence-corrected chi connectivity index (χ3v) is 4.91. The third-order valence-electron chi connectivity index (χ3n) is 3.92. The number of carbonyl (C=O) groups is 1. The molecule has 0 aliphatic carbocycles. The van der Waals surface area contributed by atoms with Crippen LogP contribution in [0.5, 0.6) is 11.5 Å². The number of rotatable bonds is 7. The van der Waals surface area contributed by atoms with Crippen LogP contribution in [0.1, 0.15) is 10.4 Å². The zero-order valence-electron chi connectivity index (χ0n) is 14.6. The van der Waals surface area contributed by atoms with Gasteiger partial charge in [-0.2, -0.15) is 0 Å². The van der Waals surface area contributed by atoms with Gasteiger partial charge in [0, 0.05) is 12.0 Å². The summed E-state index contributed by atoms with van der Waals surface area (Å²) in [7, 11) is 1.48. The Bertz CT molecular complexity index is 968. The number of methoxy groups -OCH3 is 1. The Kier molecular flexibility index (Phi) is 5.87. The van der Waals surface area contributed by atoms with Crippen molar-refractivity contribution in [1.82, 2.24) is 9.55 Å². The predicted molar refractivity (Wildman–Crippen MR) is 100 cm³/mol. The van der Waals surface area contributed by atoms with Crippen LogP contribution in [0.4, 0.5) is 5.82 Å². The number of Topliss-reactive ketones (excluding diaryl/α,β-unsaturated/α-hetero) is 1. The standard InChI is InChI=1S/C17H19N3O6S/c1-24-5-4-20-15(18)14(16(22)19-17(20)23)11(21)9-27-10-2-3-12-13(8-10)26-7-6-25-12/h2-3,8H,4-7,9,18H2,1H3,(H,19,22,23). The number of nitrogens with two attached hydrogens (primary N) is 1. The molecule has 0 amide bonds. The van der Waals surface area contributed by atoms with Crippen LogP contribution >= 0.6 is 11.8 Å². The summed E-state index contributed by atoms with van der Waals surface area (Å²) in [6.07, 6.45) is 0. The van der Waals surface area contributed by atoms with Gasteiger partial charge in [-0.3, -0.25) is 19.1 Å². The summed E-state index contributed by atoms with van der Waals surface area (Å²) in [6, 6.07) is 5.35. The zero-order valence-corrected chi connectivity index (χ0v) is 15.5. The number of nitrogens with zero attached hydrogens (tertiary/aromatic N) is 1. The normalized spacial score (nSPS) is 12.8. The molecule has 2 aromatic rings. The van der Waals surface area contributed by atoms with Crippen molar-refractivity contribution in [2.45, 2.75) is 11.4 Å². The largest absolute Gasteiger partial charge is 0.486 e. The molecule has 1 aliphatic heterocycles. The number of nitrogen functional groups attached to an aromatic ring is 1. The summed E-state index contributed by atoms with van der Waals surface area (Å²) < 4.78 is 17.0. The van der Waals surface area contributed by atoms with Gasteiger partial charge in [-0.25, -0.2) is 4.79 Å². The van der Waals surface area contributed by atoms with Crippen LogP contribution < -0.4 is 26.5 Å². The fourth-order valence-electron chi connectivity index (χ4n) is 2.60. The van der Waals surface area contributed by atoms with Crippen molar-refractivity contribution in [3.63, 3.8) is 0 Å². The fourth-order valence-corrected chi connectivity index (χ4v) is 3.39. The van der Waals surface area contributed by atoms with Gasteiger partial charge in [0.15, 0.2) is 17.3 Å². The maximum absolute atomic E-state index is 12.6. The molecule has 3 N–H and O–H groups in total. The van der Waals surface area contributed by atoms with E-state index in [4.69, 9.17) is 19.9 Å². The minimum Gasteiger partial charge on any atom is -0.486 e. The lowest BCUT2D eigenvalue weighted by atomic mass is 10.2. The zero-order chi connectivity index (χ0) is 19.4. The summed E-state index contributed by atoms with van der Waals surface area (Å²) in [5.41, 5.74) is 4.21. The Hall–Kier alpha value is -2.72. The molecule has 0 saturated heterocycles. The Labute approximate surface area is 158 Å². The molecule has 0 spiro atoms. The van der Waals surface area contributed by atoms with Gasteiger partial charge >= 0.3 is 5.69 Å². The molecule has 1 aromatic heterocycles. The van der Waals surface area contributed by atoms with Gasteiger partial charge in [-0.15, -0.1) is 11.8 Å². The minimum absolute atomic E-state index is 0.0184. The molecule has 0 fully saturated rings. The van der Waals surface area contributed by atoms with Crippen LogP contribution in [-0.4, -0.2) is 48.0 Å². The number of aromatic nitrogens is 2. The SMILES string of the molecule is COCCn1c(N)c(C(=O)CSc2ccc3c(c2)OCCO3)c(=O)[nH]c1=O. The first-order valence-corrected chi connectivity index (χ1v) is 9.17. The molecule has 0 saturated carbocycles. The summed E-state index contributed by atoms with van der Waals surface area (Å²) in [5, 5.41) is 0. The molecule has 144 valence electrons. The highest BCUT2D eigenvalue weighted by molar-refractivity contribution is 8.00. The van der Waals surface area contributed by atoms with E-state index in [0.717, 1.165) is 9.46 Å². The molecule has 1 aliphatic rings. The van der Waals surface area contributed by atoms with Crippen molar-refractivity contribution >= 4 is 23.4 Å². The lowest BCUT2D eigenvalue weighted by Crippen LogP contribution is -2.37. The molecule has 2 heterocycles. The first-order valence-electron chi connectivity index (χ1n) is 8.18. The molecular formula is C17H19N3O6S. The van der Waals surface area contributed by atoms with Gasteiger partial charge in [0.05, 0.1) is 18.9 Å². The number of fused-ring (bicyclic) bond motifs is 1. The van der Waals surface area contributed by atoms with E-state index in [1.807, 2.05) is 0 Å². The Balaban J connectivity index is 1.78. The van der Waals surface area contributed by atoms with Gasteiger partial charge in [0.25, 0.3) is 5.56 Å². The molecule has 27 heavy (non-hydrogen) atoms. The second-order valence-electron chi connectivity index (χ2n) is 5.68. The number of H-pyrrole nitrogens is 1. The van der Waals surface area contributed by atoms with Crippen LogP contribution in [0, 0.1) is 0 Å². The van der Waals surface area contributed by atoms with Crippen molar-refractivity contribution in [3.8, 4) is 11.5 Å². The number of ether oxygens (including phenoxy) is 3. The number of nitrogens with one attached hydrogen (secondary N) is 1. The van der Waals surface area contributed by atoms with Crippen LogP contribution in [0.25, 0.3) is 0 Å². The summed E-state index contributed by atoms with van der Waals surface area (Å²) >= 11 is 1.24. The van der Waals surface area contributed by atoms with E-state index < -0.39 is 17.0 Å². The van der Waals surface area contributed by atoms with Gasteiger partial charge in [-0.05, 0) is 18.2 Å². The second kappa shape index (κ2) is 8.31. The monoisotopic (exact) mass is 393 g/mol. The van der Waals surface area contributed by atoms with Crippen molar-refractivity contribution < 1.29 is 19.0 Å². The Morgan fingerprint density at radius 2 is 2.04 bits per heavy atom. The van der Waals surface area contributed by atoms with Gasteiger partial charge in [-0.1, -0.05) is 0 Å². The van der Waals surface area contributed by atoms with Gasteiger partial charge in [0.1, 0.15) is 24.6 Å². The molecular weight excluding hydrogens is 374 g/mol. The first-order chi connectivity index (χ1) is 13.0. The van der Waals surface area contributed by atoms with Crippen LogP contribution in [0.2, 0.25) is 0 Å². The highest BCUT2D eigenvalue weighted by atomic mass is 32.2. The summed E-state index contributed by atoms with van der Waals surface area (Å²) in [4.78, 5) is 39.4. The van der Waals surface area contributed by atoms with Crippen molar-refractivity contribution in [3.05, 3.63) is 44.6 Å². The van der Waals surface area contributed by atoms with E-state index in [1.54, 1.807) is 18.2 Å². The molecule has 0 unspecified atom stereocenters. The number of aromatic amines is 1. The number of benzene rings is 1. The van der Waals surface area contributed by atoms with E-state index >= 15 is 0 Å². The Morgan fingerprint density at radius 3 is 2.78 bits per heavy atom. The van der Waals surface area contributed by atoms with Crippen LogP contribution in [-0.2, 0) is 11.3 Å². The van der Waals surface area contributed by atoms with Crippen molar-refractivity contribution in [1.29, 1.82) is 0 Å². The predicted octanol–water partition coefficient (Wildman–Crippen LogP) is 0.511. The van der Waals surface area contributed by atoms with Crippen LogP contribution in [0.15, 0.2) is 32.7 Å². The quantitative estimate of drug-likeness (QED) is 0.515. The average Bonchev–Trinajstić information content (AvgIpc) is 2.65. The summed E-state index contributed by atoms with van der Waals surface area (Å²) in [6.45, 7) is 1.32. The number of hydrogen-bond donors (Lipinski definition) is 2. The first kappa shape index (κ1) is 19.1. The van der Waals surface area contributed by atoms with E-state index in [9.17, 15) is 14.4 Å². The van der Waals surface area contributed by atoms with Crippen molar-refractivity contribution in [2.75, 3.05) is 38.4 Å². The maximum Gasteiger partial charge on any atom is 0.330 e. The number of thioether (sulfide) groups is 1. The maximum atomic E-state index is 12.6. The molecule has 1 aromatic carbocycles. The van der Waals surface area contributed by atoms with E-state index in [0.29, 0.717) is 24.7 Å². The lowest BCUT2D eigenvalue weighted by molar-refractivity contribution is 0.102. The molecule has 0 bridgehead atoms. The highest BCUT2D eigenvalue weighted by Crippen LogP contribution is 2.34. The number of hydrogen-bond acceptors (Lipinski definition) is 8. The van der Waals surface area contributed by atoms with Gasteiger partial charge < -0.3 is 19.9 Å². The van der Waals surface area contributed by atoms with Crippen molar-refractivity contribution in [2.24, 2.45) is 0 Å². The van der Waals surface area contributed by atoms with Gasteiger partial charge in [0.2, 0.25) is 0 Å². The molecule has 0 radical (unpaired) electrons. The minimum atomic E-state index is -0.793. The van der Waals surface area contributed by atoms with E-state index in [2.05, 4.69) is 4.98 Å². The number of ketones is 1. The third kappa shape index (κ3) is 4.17. The smallest absolute Gasteiger partial charge is 0.330 e. The topological polar surface area (TPSA) is 126 Å². The van der Waals surface area contributed by atoms with Crippen LogP contribution in [0.3, 0.4) is 0 Å². The van der Waals surface area contributed by atoms with E-state index in [-0.39, 0.29) is 30.3 Å². The van der Waals surface area contributed by atoms with E-state index in [1.165, 1.54) is 18.9 Å². The fraction of sp³-hybridized carbons (Fsp3) is 0.353. The average molecular weight is 393 g/mol. The molecule has 0 atom stereocenters. The molecule has 10 heteroatoms. The second-order valence-corrected chi connectivity index (χ2v) is 6.73. The summed E-state index contributed by atoms with van der Waals surface area (Å²) in [5.74, 6) is 0.621. The number of carbonyl (C=O) groups excluding carboxylic acids is 1. The lowest BCUT2D eigenvalue weighted by Gasteiger charge is -2.18. The highest BCUT2D eigenvalue weighted by Gasteiger charge is 2.20.